The predicted molar refractivity (Wildman–Crippen MR) is 58.9 cm³/mol. The van der Waals surface area contributed by atoms with Gasteiger partial charge in [-0.1, -0.05) is 42.5 Å². The average Bonchev–Trinajstić information content (AvgIpc) is 2.30. The number of hydrogen-bond donors (Lipinski definition) is 1. The van der Waals surface area contributed by atoms with Crippen LogP contribution in [0.15, 0.2) is 48.5 Å². The van der Waals surface area contributed by atoms with Gasteiger partial charge in [-0.2, -0.15) is 0 Å². The number of aromatic hydroxyl groups is 1. The van der Waals surface area contributed by atoms with Crippen molar-refractivity contribution in [2.24, 2.45) is 0 Å². The van der Waals surface area contributed by atoms with Gasteiger partial charge in [0.2, 0.25) is 0 Å². The molecule has 0 unspecified atom stereocenters. The van der Waals surface area contributed by atoms with Crippen molar-refractivity contribution in [3.8, 4) is 16.9 Å². The van der Waals surface area contributed by atoms with Crippen LogP contribution in [-0.2, 0) is 0 Å². The van der Waals surface area contributed by atoms with Crippen LogP contribution in [0.1, 0.15) is 10.4 Å². The monoisotopic (exact) mass is 198 g/mol. The van der Waals surface area contributed by atoms with Crippen molar-refractivity contribution in [1.29, 1.82) is 0 Å². The third kappa shape index (κ3) is 1.74. The fraction of sp³-hybridized carbons (Fsp3) is 0. The Morgan fingerprint density at radius 2 is 1.47 bits per heavy atom. The molecule has 0 saturated heterocycles. The van der Waals surface area contributed by atoms with E-state index in [1.165, 1.54) is 0 Å². The van der Waals surface area contributed by atoms with E-state index >= 15 is 0 Å². The van der Waals surface area contributed by atoms with E-state index in [4.69, 9.17) is 0 Å². The van der Waals surface area contributed by atoms with Gasteiger partial charge in [0, 0.05) is 11.1 Å². The lowest BCUT2D eigenvalue weighted by Crippen LogP contribution is -1.86. The lowest BCUT2D eigenvalue weighted by Gasteiger charge is -2.06. The Bertz CT molecular complexity index is 489. The van der Waals surface area contributed by atoms with Crippen LogP contribution in [0.2, 0.25) is 0 Å². The number of carbonyl (C=O) groups excluding carboxylic acids is 1. The smallest absolute Gasteiger partial charge is 0.150 e. The Hall–Kier alpha value is -2.09. The summed E-state index contributed by atoms with van der Waals surface area (Å²) in [7, 11) is 0. The molecule has 0 aliphatic heterocycles. The van der Waals surface area contributed by atoms with Crippen LogP contribution in [0.5, 0.6) is 5.75 Å². The molecule has 2 aromatic rings. The normalized spacial score (nSPS) is 9.87. The highest BCUT2D eigenvalue weighted by atomic mass is 16.3. The predicted octanol–water partition coefficient (Wildman–Crippen LogP) is 2.87. The third-order valence-corrected chi connectivity index (χ3v) is 2.28. The number of benzene rings is 2. The maximum atomic E-state index is 10.8. The Balaban J connectivity index is 2.64. The second-order valence-corrected chi connectivity index (χ2v) is 3.22. The molecule has 0 aromatic heterocycles. The minimum absolute atomic E-state index is 0.187. The van der Waals surface area contributed by atoms with Gasteiger partial charge in [0.15, 0.2) is 6.29 Å². The number of para-hydroxylation sites is 1. The molecule has 0 aliphatic carbocycles. The topological polar surface area (TPSA) is 37.3 Å². The van der Waals surface area contributed by atoms with Crippen LogP contribution in [0.25, 0.3) is 11.1 Å². The summed E-state index contributed by atoms with van der Waals surface area (Å²) < 4.78 is 0. The summed E-state index contributed by atoms with van der Waals surface area (Å²) in [6.07, 6.45) is 0.793. The first-order valence-corrected chi connectivity index (χ1v) is 4.65. The van der Waals surface area contributed by atoms with E-state index in [0.29, 0.717) is 11.1 Å². The number of aldehydes is 1. The molecule has 0 fully saturated rings. The van der Waals surface area contributed by atoms with E-state index in [0.717, 1.165) is 11.8 Å². The zero-order valence-corrected chi connectivity index (χ0v) is 8.05. The van der Waals surface area contributed by atoms with Gasteiger partial charge < -0.3 is 5.11 Å². The maximum Gasteiger partial charge on any atom is 0.150 e. The van der Waals surface area contributed by atoms with Gasteiger partial charge in [0.25, 0.3) is 0 Å². The summed E-state index contributed by atoms with van der Waals surface area (Å²) in [4.78, 5) is 10.8. The molecule has 2 rings (SSSR count). The number of phenolic OH excluding ortho intramolecular Hbond substituents is 1. The number of carbonyl (C=O) groups is 1. The molecule has 0 amide bonds. The highest BCUT2D eigenvalue weighted by molar-refractivity contribution is 5.89. The molecule has 74 valence electrons. The lowest BCUT2D eigenvalue weighted by atomic mass is 10.00. The van der Waals surface area contributed by atoms with E-state index in [1.54, 1.807) is 30.3 Å². The summed E-state index contributed by atoms with van der Waals surface area (Å²) in [6.45, 7) is 0. The molecular formula is C13H10O2. The van der Waals surface area contributed by atoms with Crippen LogP contribution in [0.4, 0.5) is 0 Å². The fourth-order valence-corrected chi connectivity index (χ4v) is 1.55. The van der Waals surface area contributed by atoms with Crippen LogP contribution >= 0.6 is 0 Å². The van der Waals surface area contributed by atoms with Crippen molar-refractivity contribution in [2.75, 3.05) is 0 Å². The third-order valence-electron chi connectivity index (χ3n) is 2.28. The molecule has 2 aromatic carbocycles. The van der Waals surface area contributed by atoms with Gasteiger partial charge in [-0.15, -0.1) is 0 Å². The molecule has 0 radical (unpaired) electrons. The molecule has 0 spiro atoms. The van der Waals surface area contributed by atoms with Crippen LogP contribution in [0, 0.1) is 0 Å². The molecule has 2 nitrogen and oxygen atoms in total. The first-order chi connectivity index (χ1) is 7.33. The van der Waals surface area contributed by atoms with Crippen LogP contribution < -0.4 is 0 Å². The van der Waals surface area contributed by atoms with Crippen molar-refractivity contribution >= 4 is 6.29 Å². The first-order valence-electron chi connectivity index (χ1n) is 4.65. The van der Waals surface area contributed by atoms with Crippen molar-refractivity contribution in [1.82, 2.24) is 0 Å². The van der Waals surface area contributed by atoms with Crippen LogP contribution in [-0.4, -0.2) is 11.4 Å². The maximum absolute atomic E-state index is 10.8. The highest BCUT2D eigenvalue weighted by Gasteiger charge is 2.06. The number of rotatable bonds is 2. The molecule has 0 saturated carbocycles. The van der Waals surface area contributed by atoms with Gasteiger partial charge in [-0.25, -0.2) is 0 Å². The second kappa shape index (κ2) is 3.96. The number of hydrogen-bond acceptors (Lipinski definition) is 2. The Labute approximate surface area is 87.8 Å². The van der Waals surface area contributed by atoms with Gasteiger partial charge in [0.05, 0.1) is 0 Å². The Morgan fingerprint density at radius 3 is 2.13 bits per heavy atom. The zero-order valence-electron chi connectivity index (χ0n) is 8.05. The Kier molecular flexibility index (Phi) is 2.50. The molecule has 0 heterocycles. The average molecular weight is 198 g/mol. The summed E-state index contributed by atoms with van der Waals surface area (Å²) in [6, 6.07) is 14.2. The van der Waals surface area contributed by atoms with E-state index < -0.39 is 0 Å². The first kappa shape index (κ1) is 9.46. The van der Waals surface area contributed by atoms with Gasteiger partial charge >= 0.3 is 0 Å². The summed E-state index contributed by atoms with van der Waals surface area (Å²) in [5.41, 5.74) is 2.02. The Morgan fingerprint density at radius 1 is 0.867 bits per heavy atom. The minimum atomic E-state index is 0.187. The molecule has 15 heavy (non-hydrogen) atoms. The van der Waals surface area contributed by atoms with Crippen molar-refractivity contribution in [2.45, 2.75) is 0 Å². The fourth-order valence-electron chi connectivity index (χ4n) is 1.55. The zero-order chi connectivity index (χ0) is 10.7. The second-order valence-electron chi connectivity index (χ2n) is 3.22. The lowest BCUT2D eigenvalue weighted by molar-refractivity contribution is 0.112. The molecule has 2 heteroatoms. The van der Waals surface area contributed by atoms with Gasteiger partial charge in [-0.3, -0.25) is 4.79 Å². The molecule has 1 N–H and O–H groups in total. The number of phenols is 1. The van der Waals surface area contributed by atoms with Crippen molar-refractivity contribution in [3.05, 3.63) is 54.1 Å². The van der Waals surface area contributed by atoms with E-state index in [9.17, 15) is 9.90 Å². The summed E-state index contributed by atoms with van der Waals surface area (Å²) in [5.74, 6) is 0.187. The van der Waals surface area contributed by atoms with E-state index in [-0.39, 0.29) is 5.75 Å². The minimum Gasteiger partial charge on any atom is -0.507 e. The largest absolute Gasteiger partial charge is 0.507 e. The summed E-state index contributed by atoms with van der Waals surface area (Å²) in [5, 5.41) is 9.67. The molecule has 0 bridgehead atoms. The molecule has 0 aliphatic rings. The van der Waals surface area contributed by atoms with Crippen molar-refractivity contribution < 1.29 is 9.90 Å². The van der Waals surface area contributed by atoms with Gasteiger partial charge in [0.1, 0.15) is 5.75 Å². The standard InChI is InChI=1S/C13H10O2/c14-9-10-5-1-2-6-11(10)12-7-3-4-8-13(12)15/h1-9,15H. The summed E-state index contributed by atoms with van der Waals surface area (Å²) >= 11 is 0. The molecular weight excluding hydrogens is 188 g/mol. The van der Waals surface area contributed by atoms with Gasteiger partial charge in [-0.05, 0) is 11.6 Å². The van der Waals surface area contributed by atoms with E-state index in [1.807, 2.05) is 18.2 Å². The molecule has 0 atom stereocenters. The van der Waals surface area contributed by atoms with E-state index in [2.05, 4.69) is 0 Å². The highest BCUT2D eigenvalue weighted by Crippen LogP contribution is 2.30. The van der Waals surface area contributed by atoms with Crippen LogP contribution in [0.3, 0.4) is 0 Å². The quantitative estimate of drug-likeness (QED) is 0.753. The SMILES string of the molecule is O=Cc1ccccc1-c1ccccc1O. The van der Waals surface area contributed by atoms with Crippen molar-refractivity contribution in [3.63, 3.8) is 0 Å².